The van der Waals surface area contributed by atoms with Crippen LogP contribution in [0.2, 0.25) is 0 Å². The molecule has 0 aromatic carbocycles. The normalized spacial score (nSPS) is 11.9. The third kappa shape index (κ3) is 13.7. The predicted molar refractivity (Wildman–Crippen MR) is 88.1 cm³/mol. The van der Waals surface area contributed by atoms with Crippen molar-refractivity contribution in [2.24, 2.45) is 4.99 Å². The molecule has 0 radical (unpaired) electrons. The highest BCUT2D eigenvalue weighted by molar-refractivity contribution is 5.79. The van der Waals surface area contributed by atoms with Gasteiger partial charge in [0, 0.05) is 20.6 Å². The van der Waals surface area contributed by atoms with E-state index in [0.29, 0.717) is 0 Å². The Morgan fingerprint density at radius 1 is 0.737 bits per heavy atom. The first kappa shape index (κ1) is 18.5. The number of hydrogen-bond acceptors (Lipinski definition) is 1. The molecule has 0 unspecified atom stereocenters. The largest absolute Gasteiger partial charge is 0.367 e. The van der Waals surface area contributed by atoms with Crippen molar-refractivity contribution >= 4 is 5.84 Å². The molecule has 2 heteroatoms. The summed E-state index contributed by atoms with van der Waals surface area (Å²) in [7, 11) is 4.11. The minimum Gasteiger partial charge on any atom is -0.367 e. The lowest BCUT2D eigenvalue weighted by atomic mass is 10.1. The highest BCUT2D eigenvalue weighted by atomic mass is 15.1. The smallest absolute Gasteiger partial charge is 0.0952 e. The van der Waals surface area contributed by atoms with Crippen LogP contribution in [0.15, 0.2) is 4.99 Å². The van der Waals surface area contributed by atoms with E-state index in [9.17, 15) is 0 Å². The van der Waals surface area contributed by atoms with Gasteiger partial charge in [-0.3, -0.25) is 4.99 Å². The molecule has 0 rings (SSSR count). The van der Waals surface area contributed by atoms with Gasteiger partial charge in [0.1, 0.15) is 0 Å². The Balaban J connectivity index is 3.13. The van der Waals surface area contributed by atoms with Crippen molar-refractivity contribution in [3.8, 4) is 0 Å². The van der Waals surface area contributed by atoms with E-state index in [1.54, 1.807) is 0 Å². The summed E-state index contributed by atoms with van der Waals surface area (Å²) in [4.78, 5) is 6.62. The predicted octanol–water partition coefficient (Wildman–Crippen LogP) is 5.28. The maximum absolute atomic E-state index is 4.54. The molecule has 0 aliphatic rings. The Morgan fingerprint density at radius 2 is 1.16 bits per heavy atom. The molecule has 0 spiro atoms. The van der Waals surface area contributed by atoms with Gasteiger partial charge < -0.3 is 4.90 Å². The van der Waals surface area contributed by atoms with E-state index >= 15 is 0 Å². The molecule has 0 amide bonds. The van der Waals surface area contributed by atoms with Gasteiger partial charge in [-0.1, -0.05) is 71.1 Å². The molecule has 0 saturated heterocycles. The minimum atomic E-state index is 1.00. The van der Waals surface area contributed by atoms with Crippen LogP contribution in [0.5, 0.6) is 0 Å². The Hall–Kier alpha value is -0.530. The fourth-order valence-corrected chi connectivity index (χ4v) is 2.16. The van der Waals surface area contributed by atoms with Crippen LogP contribution in [0.25, 0.3) is 0 Å². The molecule has 0 N–H and O–H groups in total. The average Bonchev–Trinajstić information content (AvgIpc) is 2.39. The highest BCUT2D eigenvalue weighted by Gasteiger charge is 1.94. The Bertz CT molecular complexity index is 209. The molecule has 0 heterocycles. The van der Waals surface area contributed by atoms with Crippen molar-refractivity contribution < 1.29 is 0 Å². The second-order valence-electron chi connectivity index (χ2n) is 5.86. The van der Waals surface area contributed by atoms with Crippen molar-refractivity contribution in [1.29, 1.82) is 0 Å². The van der Waals surface area contributed by atoms with E-state index in [2.05, 4.69) is 37.8 Å². The fraction of sp³-hybridized carbons (Fsp3) is 0.941. The van der Waals surface area contributed by atoms with E-state index in [1.807, 2.05) is 0 Å². The van der Waals surface area contributed by atoms with Gasteiger partial charge in [0.25, 0.3) is 0 Å². The van der Waals surface area contributed by atoms with Gasteiger partial charge in [-0.2, -0.15) is 0 Å². The van der Waals surface area contributed by atoms with Crippen LogP contribution in [-0.4, -0.2) is 31.4 Å². The number of rotatable bonds is 12. The summed E-state index contributed by atoms with van der Waals surface area (Å²) in [6.45, 7) is 5.36. The second-order valence-corrected chi connectivity index (χ2v) is 5.86. The third-order valence-corrected chi connectivity index (χ3v) is 3.75. The molecule has 0 aliphatic carbocycles. The molecule has 0 saturated carbocycles. The Labute approximate surface area is 121 Å². The summed E-state index contributed by atoms with van der Waals surface area (Å²) in [5.74, 6) is 1.15. The molecule has 0 aromatic heterocycles. The molecule has 19 heavy (non-hydrogen) atoms. The third-order valence-electron chi connectivity index (χ3n) is 3.75. The molecule has 2 nitrogen and oxygen atoms in total. The Morgan fingerprint density at radius 3 is 1.58 bits per heavy atom. The van der Waals surface area contributed by atoms with E-state index in [1.165, 1.54) is 70.6 Å². The van der Waals surface area contributed by atoms with Gasteiger partial charge in [-0.25, -0.2) is 0 Å². The van der Waals surface area contributed by atoms with Gasteiger partial charge in [0.15, 0.2) is 0 Å². The van der Waals surface area contributed by atoms with E-state index in [0.717, 1.165) is 12.4 Å². The summed E-state index contributed by atoms with van der Waals surface area (Å²) in [5.41, 5.74) is 0. The lowest BCUT2D eigenvalue weighted by molar-refractivity contribution is 0.550. The van der Waals surface area contributed by atoms with Crippen LogP contribution < -0.4 is 0 Å². The van der Waals surface area contributed by atoms with Gasteiger partial charge in [0.2, 0.25) is 0 Å². The van der Waals surface area contributed by atoms with Crippen molar-refractivity contribution in [1.82, 2.24) is 4.90 Å². The summed E-state index contributed by atoms with van der Waals surface area (Å²) in [6, 6.07) is 0. The standard InChI is InChI=1S/C17H36N2/c1-5-6-7-8-9-10-11-12-13-14-15-16-18-17(2)19(3)4/h5-16H2,1-4H3. The van der Waals surface area contributed by atoms with Gasteiger partial charge in [-0.15, -0.1) is 0 Å². The molecule has 0 atom stereocenters. The Kier molecular flexibility index (Phi) is 13.5. The number of hydrogen-bond donors (Lipinski definition) is 0. The van der Waals surface area contributed by atoms with Gasteiger partial charge in [0.05, 0.1) is 5.84 Å². The van der Waals surface area contributed by atoms with E-state index < -0.39 is 0 Å². The first-order valence-corrected chi connectivity index (χ1v) is 8.36. The molecule has 114 valence electrons. The molecular formula is C17H36N2. The SMILES string of the molecule is CCCCCCCCCCCCCN=C(C)N(C)C. The van der Waals surface area contributed by atoms with Crippen LogP contribution in [0.1, 0.15) is 84.5 Å². The van der Waals surface area contributed by atoms with Crippen LogP contribution in [0.4, 0.5) is 0 Å². The summed E-state index contributed by atoms with van der Waals surface area (Å²) in [5, 5.41) is 0. The van der Waals surface area contributed by atoms with Crippen LogP contribution >= 0.6 is 0 Å². The molecule has 0 aliphatic heterocycles. The van der Waals surface area contributed by atoms with Crippen molar-refractivity contribution in [3.05, 3.63) is 0 Å². The summed E-state index contributed by atoms with van der Waals surface area (Å²) >= 11 is 0. The molecular weight excluding hydrogens is 232 g/mol. The van der Waals surface area contributed by atoms with Gasteiger partial charge >= 0.3 is 0 Å². The highest BCUT2D eigenvalue weighted by Crippen LogP contribution is 2.11. The number of aliphatic imine (C=N–C) groups is 1. The number of amidine groups is 1. The van der Waals surface area contributed by atoms with E-state index in [-0.39, 0.29) is 0 Å². The quantitative estimate of drug-likeness (QED) is 0.267. The van der Waals surface area contributed by atoms with Gasteiger partial charge in [-0.05, 0) is 13.3 Å². The first-order valence-electron chi connectivity index (χ1n) is 8.36. The topological polar surface area (TPSA) is 15.6 Å². The zero-order valence-corrected chi connectivity index (χ0v) is 13.9. The monoisotopic (exact) mass is 268 g/mol. The summed E-state index contributed by atoms with van der Waals surface area (Å²) in [6.07, 6.45) is 15.4. The lowest BCUT2D eigenvalue weighted by Crippen LogP contribution is -2.18. The average molecular weight is 268 g/mol. The lowest BCUT2D eigenvalue weighted by Gasteiger charge is -2.10. The maximum atomic E-state index is 4.54. The summed E-state index contributed by atoms with van der Waals surface area (Å²) < 4.78 is 0. The molecule has 0 bridgehead atoms. The number of unbranched alkanes of at least 4 members (excludes halogenated alkanes) is 10. The zero-order chi connectivity index (χ0) is 14.3. The van der Waals surface area contributed by atoms with Crippen molar-refractivity contribution in [3.63, 3.8) is 0 Å². The molecule has 0 fully saturated rings. The maximum Gasteiger partial charge on any atom is 0.0952 e. The van der Waals surface area contributed by atoms with Crippen LogP contribution in [-0.2, 0) is 0 Å². The zero-order valence-electron chi connectivity index (χ0n) is 13.9. The molecule has 0 aromatic rings. The van der Waals surface area contributed by atoms with Crippen molar-refractivity contribution in [2.75, 3.05) is 20.6 Å². The first-order chi connectivity index (χ1) is 9.18. The van der Waals surface area contributed by atoms with Crippen LogP contribution in [0, 0.1) is 0 Å². The number of nitrogens with zero attached hydrogens (tertiary/aromatic N) is 2. The van der Waals surface area contributed by atoms with E-state index in [4.69, 9.17) is 0 Å². The minimum absolute atomic E-state index is 1.00. The van der Waals surface area contributed by atoms with Crippen molar-refractivity contribution in [2.45, 2.75) is 84.5 Å². The fourth-order valence-electron chi connectivity index (χ4n) is 2.16. The second kappa shape index (κ2) is 13.9. The van der Waals surface area contributed by atoms with Crippen LogP contribution in [0.3, 0.4) is 0 Å².